The van der Waals surface area contributed by atoms with Crippen LogP contribution < -0.4 is 5.32 Å². The van der Waals surface area contributed by atoms with Crippen LogP contribution >= 0.6 is 0 Å². The van der Waals surface area contributed by atoms with Gasteiger partial charge in [0.25, 0.3) is 5.91 Å². The first kappa shape index (κ1) is 17.2. The third-order valence-electron chi connectivity index (χ3n) is 4.99. The van der Waals surface area contributed by atoms with Gasteiger partial charge in [0.05, 0.1) is 11.2 Å². The molecule has 2 aliphatic rings. The number of methoxy groups -OCH3 is 1. The molecule has 0 bridgehead atoms. The number of nitrogens with one attached hydrogen (secondary N) is 1. The molecule has 0 unspecified atom stereocenters. The highest BCUT2D eigenvalue weighted by molar-refractivity contribution is 5.99. The molecular weight excluding hydrogens is 321 g/mol. The minimum absolute atomic E-state index is 0.0475. The first-order valence-electron chi connectivity index (χ1n) is 7.99. The Labute approximate surface area is 139 Å². The molecule has 1 amide bonds. The van der Waals surface area contributed by atoms with Crippen molar-refractivity contribution < 1.29 is 22.7 Å². The topological polar surface area (TPSA) is 41.6 Å². The highest BCUT2D eigenvalue weighted by Crippen LogP contribution is 2.37. The first-order valence-corrected chi connectivity index (χ1v) is 7.99. The third-order valence-corrected chi connectivity index (χ3v) is 4.99. The van der Waals surface area contributed by atoms with E-state index in [9.17, 15) is 18.0 Å². The maximum atomic E-state index is 13.3. The number of likely N-dealkylation sites (N-methyl/N-ethyl adjacent to an activating group) is 1. The number of ether oxygens (including phenoxy) is 1. The van der Waals surface area contributed by atoms with Gasteiger partial charge in [-0.2, -0.15) is 13.2 Å². The van der Waals surface area contributed by atoms with Crippen molar-refractivity contribution in [2.45, 2.75) is 44.1 Å². The van der Waals surface area contributed by atoms with Crippen LogP contribution in [-0.2, 0) is 24.0 Å². The van der Waals surface area contributed by atoms with Gasteiger partial charge in [0, 0.05) is 32.3 Å². The van der Waals surface area contributed by atoms with Gasteiger partial charge < -0.3 is 10.1 Å². The van der Waals surface area contributed by atoms with Crippen LogP contribution in [0, 0.1) is 0 Å². The summed E-state index contributed by atoms with van der Waals surface area (Å²) < 4.78 is 45.5. The Morgan fingerprint density at radius 1 is 1.33 bits per heavy atom. The van der Waals surface area contributed by atoms with E-state index in [1.165, 1.54) is 0 Å². The van der Waals surface area contributed by atoms with E-state index in [1.54, 1.807) is 13.2 Å². The lowest BCUT2D eigenvalue weighted by Gasteiger charge is -2.43. The van der Waals surface area contributed by atoms with Gasteiger partial charge in [-0.15, -0.1) is 0 Å². The number of halogens is 3. The zero-order chi connectivity index (χ0) is 17.5. The van der Waals surface area contributed by atoms with Gasteiger partial charge in [0.15, 0.2) is 0 Å². The van der Waals surface area contributed by atoms with Gasteiger partial charge in [-0.25, -0.2) is 0 Å². The lowest BCUT2D eigenvalue weighted by molar-refractivity contribution is -0.138. The second-order valence-electron chi connectivity index (χ2n) is 6.76. The molecule has 24 heavy (non-hydrogen) atoms. The fraction of sp³-hybridized carbons (Fsp3) is 0.588. The number of carbonyl (C=O) groups excluding carboxylic acids is 1. The minimum Gasteiger partial charge on any atom is -0.377 e. The number of alkyl halides is 3. The zero-order valence-corrected chi connectivity index (χ0v) is 13.8. The maximum Gasteiger partial charge on any atom is 0.416 e. The number of amides is 1. The zero-order valence-electron chi connectivity index (χ0n) is 13.8. The van der Waals surface area contributed by atoms with Gasteiger partial charge in [-0.1, -0.05) is 0 Å². The largest absolute Gasteiger partial charge is 0.416 e. The summed E-state index contributed by atoms with van der Waals surface area (Å²) in [5, 5.41) is 2.47. The van der Waals surface area contributed by atoms with Gasteiger partial charge in [0.1, 0.15) is 0 Å². The molecule has 1 N–H and O–H groups in total. The van der Waals surface area contributed by atoms with Crippen LogP contribution in [0.1, 0.15) is 46.3 Å². The van der Waals surface area contributed by atoms with Crippen LogP contribution in [0.25, 0.3) is 0 Å². The van der Waals surface area contributed by atoms with E-state index in [1.807, 2.05) is 11.9 Å². The standard InChI is InChI=1S/C17H21F3N2O2/c1-22(10-16(24-2)4-3-5-16)9-11-6-12-13(8-21-15(12)23)14(7-11)17(18,19)20/h6-7H,3-5,8-10H2,1-2H3,(H,21,23). The molecule has 1 aliphatic heterocycles. The monoisotopic (exact) mass is 342 g/mol. The fourth-order valence-electron chi connectivity index (χ4n) is 3.59. The number of benzene rings is 1. The number of carbonyl (C=O) groups is 1. The number of fused-ring (bicyclic) bond motifs is 1. The molecule has 1 aromatic carbocycles. The van der Waals surface area contributed by atoms with Crippen molar-refractivity contribution in [2.24, 2.45) is 0 Å². The van der Waals surface area contributed by atoms with E-state index in [2.05, 4.69) is 5.32 Å². The Balaban J connectivity index is 1.83. The van der Waals surface area contributed by atoms with Gasteiger partial charge in [-0.3, -0.25) is 9.69 Å². The second kappa shape index (κ2) is 6.04. The summed E-state index contributed by atoms with van der Waals surface area (Å²) in [6.07, 6.45) is -1.42. The van der Waals surface area contributed by atoms with Crippen LogP contribution in [0.15, 0.2) is 12.1 Å². The smallest absolute Gasteiger partial charge is 0.377 e. The van der Waals surface area contributed by atoms with Crippen molar-refractivity contribution in [2.75, 3.05) is 20.7 Å². The van der Waals surface area contributed by atoms with E-state index >= 15 is 0 Å². The first-order chi connectivity index (χ1) is 11.2. The SMILES string of the molecule is COC1(CN(C)Cc2cc3c(c(C(F)(F)F)c2)CNC3=O)CCC1. The number of hydrogen-bond donors (Lipinski definition) is 1. The van der Waals surface area contributed by atoms with E-state index in [-0.39, 0.29) is 23.3 Å². The van der Waals surface area contributed by atoms with Crippen LogP contribution in [-0.4, -0.2) is 37.1 Å². The van der Waals surface area contributed by atoms with Crippen LogP contribution in [0.5, 0.6) is 0 Å². The molecule has 0 saturated heterocycles. The molecule has 0 spiro atoms. The quantitative estimate of drug-likeness (QED) is 0.895. The Kier molecular flexibility index (Phi) is 4.34. The highest BCUT2D eigenvalue weighted by atomic mass is 19.4. The summed E-state index contributed by atoms with van der Waals surface area (Å²) in [6, 6.07) is 2.74. The van der Waals surface area contributed by atoms with Crippen molar-refractivity contribution in [3.8, 4) is 0 Å². The summed E-state index contributed by atoms with van der Waals surface area (Å²) in [6.45, 7) is 0.939. The average Bonchev–Trinajstić information content (AvgIpc) is 2.83. The molecule has 1 fully saturated rings. The Morgan fingerprint density at radius 2 is 2.04 bits per heavy atom. The summed E-state index contributed by atoms with van der Waals surface area (Å²) in [4.78, 5) is 13.8. The van der Waals surface area contributed by atoms with Crippen molar-refractivity contribution in [3.05, 3.63) is 34.4 Å². The van der Waals surface area contributed by atoms with Crippen molar-refractivity contribution in [3.63, 3.8) is 0 Å². The molecule has 0 radical (unpaired) electrons. The third kappa shape index (κ3) is 3.15. The number of nitrogens with zero attached hydrogens (tertiary/aromatic N) is 1. The van der Waals surface area contributed by atoms with Crippen molar-refractivity contribution in [1.29, 1.82) is 0 Å². The van der Waals surface area contributed by atoms with Crippen LogP contribution in [0.3, 0.4) is 0 Å². The summed E-state index contributed by atoms with van der Waals surface area (Å²) in [7, 11) is 3.54. The van der Waals surface area contributed by atoms with E-state index < -0.39 is 17.6 Å². The van der Waals surface area contributed by atoms with Crippen molar-refractivity contribution >= 4 is 5.91 Å². The van der Waals surface area contributed by atoms with E-state index in [0.29, 0.717) is 18.7 Å². The minimum atomic E-state index is -4.47. The van der Waals surface area contributed by atoms with Crippen LogP contribution in [0.4, 0.5) is 13.2 Å². The molecule has 1 saturated carbocycles. The molecule has 0 atom stereocenters. The molecule has 1 aliphatic carbocycles. The predicted molar refractivity (Wildman–Crippen MR) is 82.5 cm³/mol. The molecule has 1 aromatic rings. The highest BCUT2D eigenvalue weighted by Gasteiger charge is 2.39. The second-order valence-corrected chi connectivity index (χ2v) is 6.76. The molecule has 0 aromatic heterocycles. The predicted octanol–water partition coefficient (Wildman–Crippen LogP) is 2.95. The van der Waals surface area contributed by atoms with Crippen LogP contribution in [0.2, 0.25) is 0 Å². The Hall–Kier alpha value is -1.60. The van der Waals surface area contributed by atoms with E-state index in [0.717, 1.165) is 25.3 Å². The lowest BCUT2D eigenvalue weighted by atomic mass is 9.79. The van der Waals surface area contributed by atoms with E-state index in [4.69, 9.17) is 4.74 Å². The number of rotatable bonds is 5. The van der Waals surface area contributed by atoms with Gasteiger partial charge in [0.2, 0.25) is 0 Å². The fourth-order valence-corrected chi connectivity index (χ4v) is 3.59. The summed E-state index contributed by atoms with van der Waals surface area (Å²) >= 11 is 0. The Bertz CT molecular complexity index is 648. The maximum absolute atomic E-state index is 13.3. The van der Waals surface area contributed by atoms with Crippen molar-refractivity contribution in [1.82, 2.24) is 10.2 Å². The van der Waals surface area contributed by atoms with Gasteiger partial charge in [-0.05, 0) is 49.6 Å². The average molecular weight is 342 g/mol. The number of hydrogen-bond acceptors (Lipinski definition) is 3. The molecule has 3 rings (SSSR count). The summed E-state index contributed by atoms with van der Waals surface area (Å²) in [5.74, 6) is -0.438. The molecular formula is C17H21F3N2O2. The van der Waals surface area contributed by atoms with Gasteiger partial charge >= 0.3 is 6.18 Å². The normalized spacial score (nSPS) is 19.2. The molecule has 1 heterocycles. The molecule has 4 nitrogen and oxygen atoms in total. The lowest BCUT2D eigenvalue weighted by Crippen LogP contribution is -2.48. The summed E-state index contributed by atoms with van der Waals surface area (Å²) in [5.41, 5.74) is -0.224. The molecule has 132 valence electrons. The Morgan fingerprint density at radius 3 is 2.58 bits per heavy atom. The molecule has 7 heteroatoms.